The summed E-state index contributed by atoms with van der Waals surface area (Å²) in [5, 5.41) is -0.362. The Morgan fingerprint density at radius 1 is 1.10 bits per heavy atom. The Morgan fingerprint density at radius 2 is 1.81 bits per heavy atom. The molecule has 2 nitrogen and oxygen atoms in total. The van der Waals surface area contributed by atoms with E-state index in [9.17, 15) is 4.39 Å². The lowest BCUT2D eigenvalue weighted by molar-refractivity contribution is 0.399. The number of methoxy groups -OCH3 is 2. The Bertz CT molecular complexity index is 664. The Balaban J connectivity index is 2.53. The van der Waals surface area contributed by atoms with E-state index in [1.807, 2.05) is 0 Å². The van der Waals surface area contributed by atoms with Gasteiger partial charge in [-0.1, -0.05) is 11.6 Å². The molecule has 0 aliphatic heterocycles. The fraction of sp³-hybridized carbons (Fsp3) is 0.200. The van der Waals surface area contributed by atoms with Crippen molar-refractivity contribution in [2.24, 2.45) is 0 Å². The van der Waals surface area contributed by atoms with Gasteiger partial charge in [-0.3, -0.25) is 0 Å². The van der Waals surface area contributed by atoms with Gasteiger partial charge in [0, 0.05) is 15.6 Å². The van der Waals surface area contributed by atoms with Gasteiger partial charge in [0.1, 0.15) is 17.3 Å². The molecule has 21 heavy (non-hydrogen) atoms. The van der Waals surface area contributed by atoms with Crippen LogP contribution in [0.15, 0.2) is 34.8 Å². The molecule has 2 aromatic rings. The summed E-state index contributed by atoms with van der Waals surface area (Å²) in [4.78, 5) is 0. The summed E-state index contributed by atoms with van der Waals surface area (Å²) in [5.41, 5.74) is 0.882. The molecule has 0 saturated carbocycles. The first-order chi connectivity index (χ1) is 9.97. The molecule has 6 heteroatoms. The van der Waals surface area contributed by atoms with E-state index in [2.05, 4.69) is 15.9 Å². The topological polar surface area (TPSA) is 18.5 Å². The van der Waals surface area contributed by atoms with Crippen LogP contribution in [0.2, 0.25) is 5.02 Å². The lowest BCUT2D eigenvalue weighted by Crippen LogP contribution is -2.01. The molecule has 0 bridgehead atoms. The van der Waals surface area contributed by atoms with Crippen LogP contribution >= 0.6 is 39.1 Å². The van der Waals surface area contributed by atoms with Gasteiger partial charge in [-0.15, -0.1) is 11.6 Å². The second-order valence-electron chi connectivity index (χ2n) is 4.26. The minimum absolute atomic E-state index is 0.274. The van der Waals surface area contributed by atoms with Crippen molar-refractivity contribution in [2.75, 3.05) is 14.2 Å². The first-order valence-electron chi connectivity index (χ1n) is 5.98. The lowest BCUT2D eigenvalue weighted by Gasteiger charge is -2.17. The van der Waals surface area contributed by atoms with Gasteiger partial charge in [0.15, 0.2) is 0 Å². The zero-order valence-corrected chi connectivity index (χ0v) is 14.4. The first-order valence-corrected chi connectivity index (χ1v) is 7.59. The third kappa shape index (κ3) is 3.44. The maximum atomic E-state index is 14.1. The number of hydrogen-bond acceptors (Lipinski definition) is 2. The molecule has 0 fully saturated rings. The third-order valence-corrected chi connectivity index (χ3v) is 4.69. The molecule has 0 aromatic heterocycles. The SMILES string of the molecule is COc1ccc(OC)c(C(Cl)c2cc(Cl)c(Br)cc2F)c1. The van der Waals surface area contributed by atoms with E-state index in [1.165, 1.54) is 19.2 Å². The maximum Gasteiger partial charge on any atom is 0.129 e. The van der Waals surface area contributed by atoms with E-state index in [4.69, 9.17) is 32.7 Å². The predicted molar refractivity (Wildman–Crippen MR) is 86.4 cm³/mol. The molecule has 0 saturated heterocycles. The zero-order chi connectivity index (χ0) is 15.6. The summed E-state index contributed by atoms with van der Waals surface area (Å²) in [6.07, 6.45) is 0. The number of halogens is 4. The number of rotatable bonds is 4. The molecule has 0 amide bonds. The van der Waals surface area contributed by atoms with Gasteiger partial charge < -0.3 is 9.47 Å². The largest absolute Gasteiger partial charge is 0.497 e. The van der Waals surface area contributed by atoms with Gasteiger partial charge in [0.25, 0.3) is 0 Å². The Morgan fingerprint density at radius 3 is 2.43 bits per heavy atom. The average molecular weight is 394 g/mol. The molecular weight excluding hydrogens is 382 g/mol. The van der Waals surface area contributed by atoms with Gasteiger partial charge in [-0.25, -0.2) is 4.39 Å². The highest BCUT2D eigenvalue weighted by Crippen LogP contribution is 2.40. The molecule has 0 N–H and O–H groups in total. The molecule has 2 aromatic carbocycles. The number of alkyl halides is 1. The van der Waals surface area contributed by atoms with Crippen molar-refractivity contribution in [3.63, 3.8) is 0 Å². The molecule has 2 rings (SSSR count). The molecule has 0 aliphatic rings. The quantitative estimate of drug-likeness (QED) is 0.498. The van der Waals surface area contributed by atoms with Crippen LogP contribution in [-0.2, 0) is 0 Å². The van der Waals surface area contributed by atoms with Gasteiger partial charge in [-0.05, 0) is 46.3 Å². The molecule has 0 aliphatic carbocycles. The van der Waals surface area contributed by atoms with Crippen molar-refractivity contribution in [2.45, 2.75) is 5.38 Å². The third-order valence-electron chi connectivity index (χ3n) is 3.02. The summed E-state index contributed by atoms with van der Waals surface area (Å²) >= 11 is 15.6. The molecule has 0 radical (unpaired) electrons. The van der Waals surface area contributed by atoms with Crippen molar-refractivity contribution < 1.29 is 13.9 Å². The molecule has 112 valence electrons. The van der Waals surface area contributed by atoms with E-state index in [1.54, 1.807) is 25.3 Å². The number of hydrogen-bond donors (Lipinski definition) is 0. The van der Waals surface area contributed by atoms with E-state index < -0.39 is 11.2 Å². The van der Waals surface area contributed by atoms with Gasteiger partial charge >= 0.3 is 0 Å². The van der Waals surface area contributed by atoms with Crippen LogP contribution in [0.5, 0.6) is 11.5 Å². The van der Waals surface area contributed by atoms with Crippen LogP contribution in [-0.4, -0.2) is 14.2 Å². The molecule has 1 unspecified atom stereocenters. The van der Waals surface area contributed by atoms with Crippen molar-refractivity contribution in [1.29, 1.82) is 0 Å². The summed E-state index contributed by atoms with van der Waals surface area (Å²) in [6.45, 7) is 0. The number of ether oxygens (including phenoxy) is 2. The second-order valence-corrected chi connectivity index (χ2v) is 5.96. The molecule has 1 atom stereocenters. The molecular formula is C15H12BrCl2FO2. The van der Waals surface area contributed by atoms with Crippen LogP contribution in [0, 0.1) is 5.82 Å². The van der Waals surface area contributed by atoms with E-state index in [0.29, 0.717) is 26.6 Å². The van der Waals surface area contributed by atoms with Crippen LogP contribution in [0.4, 0.5) is 4.39 Å². The Kier molecular flexibility index (Phi) is 5.36. The zero-order valence-electron chi connectivity index (χ0n) is 11.3. The number of benzene rings is 2. The summed E-state index contributed by atoms with van der Waals surface area (Å²) < 4.78 is 25.1. The summed E-state index contributed by atoms with van der Waals surface area (Å²) in [6, 6.07) is 7.97. The standard InChI is InChI=1S/C15H12BrCl2FO2/c1-20-8-3-4-14(21-2)10(5-8)15(18)9-6-12(17)11(16)7-13(9)19/h3-7,15H,1-2H3. The monoisotopic (exact) mass is 392 g/mol. The fourth-order valence-corrected chi connectivity index (χ4v) is 2.76. The summed E-state index contributed by atoms with van der Waals surface area (Å²) in [7, 11) is 3.08. The van der Waals surface area contributed by atoms with Crippen molar-refractivity contribution in [3.8, 4) is 11.5 Å². The molecule has 0 heterocycles. The van der Waals surface area contributed by atoms with E-state index >= 15 is 0 Å². The average Bonchev–Trinajstić information content (AvgIpc) is 2.49. The van der Waals surface area contributed by atoms with Gasteiger partial charge in [-0.2, -0.15) is 0 Å². The smallest absolute Gasteiger partial charge is 0.129 e. The highest BCUT2D eigenvalue weighted by Gasteiger charge is 2.21. The maximum absolute atomic E-state index is 14.1. The minimum atomic E-state index is -0.749. The Hall–Kier alpha value is -0.970. The molecule has 0 spiro atoms. The van der Waals surface area contributed by atoms with E-state index in [-0.39, 0.29) is 5.56 Å². The lowest BCUT2D eigenvalue weighted by atomic mass is 10.0. The highest BCUT2D eigenvalue weighted by atomic mass is 79.9. The first kappa shape index (κ1) is 16.4. The Labute approximate surface area is 140 Å². The van der Waals surface area contributed by atoms with Crippen LogP contribution in [0.3, 0.4) is 0 Å². The van der Waals surface area contributed by atoms with Crippen LogP contribution in [0.25, 0.3) is 0 Å². The van der Waals surface area contributed by atoms with Gasteiger partial charge in [0.2, 0.25) is 0 Å². The fourth-order valence-electron chi connectivity index (χ4n) is 1.94. The highest BCUT2D eigenvalue weighted by molar-refractivity contribution is 9.10. The van der Waals surface area contributed by atoms with Gasteiger partial charge in [0.05, 0.1) is 24.6 Å². The van der Waals surface area contributed by atoms with Crippen molar-refractivity contribution >= 4 is 39.1 Å². The minimum Gasteiger partial charge on any atom is -0.497 e. The predicted octanol–water partition coefficient (Wildman–Crippen LogP) is 5.59. The second kappa shape index (κ2) is 6.86. The van der Waals surface area contributed by atoms with Crippen LogP contribution < -0.4 is 9.47 Å². The normalized spacial score (nSPS) is 12.1. The summed E-state index contributed by atoms with van der Waals surface area (Å²) in [5.74, 6) is 0.713. The van der Waals surface area contributed by atoms with Crippen molar-refractivity contribution in [3.05, 3.63) is 56.8 Å². The van der Waals surface area contributed by atoms with E-state index in [0.717, 1.165) is 0 Å². The van der Waals surface area contributed by atoms with Crippen LogP contribution in [0.1, 0.15) is 16.5 Å². The van der Waals surface area contributed by atoms with Crippen molar-refractivity contribution in [1.82, 2.24) is 0 Å².